The van der Waals surface area contributed by atoms with Crippen LogP contribution in [0, 0.1) is 0 Å². The first-order chi connectivity index (χ1) is 15.0. The van der Waals surface area contributed by atoms with E-state index in [1.54, 1.807) is 54.6 Å². The Morgan fingerprint density at radius 2 is 1.71 bits per heavy atom. The van der Waals surface area contributed by atoms with E-state index in [1.165, 1.54) is 6.92 Å². The number of anilines is 1. The van der Waals surface area contributed by atoms with Gasteiger partial charge in [-0.2, -0.15) is 0 Å². The fourth-order valence-electron chi connectivity index (χ4n) is 2.82. The largest absolute Gasteiger partial charge is 0.492 e. The van der Waals surface area contributed by atoms with E-state index in [1.807, 2.05) is 18.2 Å². The molecule has 0 unspecified atom stereocenters. The second kappa shape index (κ2) is 11.0. The van der Waals surface area contributed by atoms with Gasteiger partial charge in [0, 0.05) is 23.7 Å². The van der Waals surface area contributed by atoms with Crippen molar-refractivity contribution in [2.75, 3.05) is 18.5 Å². The van der Waals surface area contributed by atoms with Gasteiger partial charge in [-0.25, -0.2) is 0 Å². The van der Waals surface area contributed by atoms with Crippen molar-refractivity contribution in [3.05, 3.63) is 88.9 Å². The average Bonchev–Trinajstić information content (AvgIpc) is 2.76. The summed E-state index contributed by atoms with van der Waals surface area (Å²) in [6.07, 6.45) is 0. The van der Waals surface area contributed by atoms with Crippen molar-refractivity contribution in [3.63, 3.8) is 0 Å². The van der Waals surface area contributed by atoms with Crippen LogP contribution in [0.3, 0.4) is 0 Å². The van der Waals surface area contributed by atoms with Crippen LogP contribution in [-0.2, 0) is 11.4 Å². The summed E-state index contributed by atoms with van der Waals surface area (Å²) in [6.45, 7) is 2.37. The number of para-hydroxylation sites is 1. The molecule has 31 heavy (non-hydrogen) atoms. The van der Waals surface area contributed by atoms with Crippen LogP contribution in [0.15, 0.2) is 72.8 Å². The van der Waals surface area contributed by atoms with Crippen molar-refractivity contribution in [1.82, 2.24) is 5.32 Å². The summed E-state index contributed by atoms with van der Waals surface area (Å²) in [6, 6.07) is 21.5. The van der Waals surface area contributed by atoms with Gasteiger partial charge in [-0.3, -0.25) is 9.59 Å². The van der Waals surface area contributed by atoms with Crippen molar-refractivity contribution < 1.29 is 19.1 Å². The Hall–Kier alpha value is -3.51. The van der Waals surface area contributed by atoms with Crippen LogP contribution >= 0.6 is 11.6 Å². The molecule has 0 spiro atoms. The van der Waals surface area contributed by atoms with Gasteiger partial charge in [-0.05, 0) is 42.0 Å². The summed E-state index contributed by atoms with van der Waals surface area (Å²) in [4.78, 5) is 23.7. The van der Waals surface area contributed by atoms with Gasteiger partial charge >= 0.3 is 0 Å². The molecule has 0 aromatic heterocycles. The molecule has 0 aliphatic heterocycles. The second-order valence-electron chi connectivity index (χ2n) is 6.72. The van der Waals surface area contributed by atoms with Gasteiger partial charge in [0.15, 0.2) is 0 Å². The minimum absolute atomic E-state index is 0.152. The van der Waals surface area contributed by atoms with E-state index in [9.17, 15) is 9.59 Å². The molecule has 0 heterocycles. The third-order valence-corrected chi connectivity index (χ3v) is 4.50. The maximum atomic E-state index is 12.6. The maximum absolute atomic E-state index is 12.6. The lowest BCUT2D eigenvalue weighted by Crippen LogP contribution is -2.28. The van der Waals surface area contributed by atoms with Crippen LogP contribution in [0.4, 0.5) is 5.69 Å². The van der Waals surface area contributed by atoms with Gasteiger partial charge in [0.05, 0.1) is 12.1 Å². The molecule has 0 fully saturated rings. The van der Waals surface area contributed by atoms with Gasteiger partial charge < -0.3 is 20.1 Å². The first-order valence-corrected chi connectivity index (χ1v) is 10.1. The lowest BCUT2D eigenvalue weighted by molar-refractivity contribution is -0.114. The molecule has 0 aliphatic rings. The zero-order valence-corrected chi connectivity index (χ0v) is 17.8. The Morgan fingerprint density at radius 3 is 2.48 bits per heavy atom. The van der Waals surface area contributed by atoms with Crippen molar-refractivity contribution in [2.45, 2.75) is 13.5 Å². The third kappa shape index (κ3) is 7.04. The van der Waals surface area contributed by atoms with Crippen LogP contribution in [0.2, 0.25) is 5.02 Å². The standard InChI is InChI=1S/C24H23ClN2O4/c1-17(28)27-20-5-4-6-21(15-20)30-14-13-26-24(29)22-7-2-3-8-23(22)31-16-18-9-11-19(25)12-10-18/h2-12,15H,13-14,16H2,1H3,(H,26,29)(H,27,28). The average molecular weight is 439 g/mol. The molecule has 2 amide bonds. The van der Waals surface area contributed by atoms with Gasteiger partial charge in [0.1, 0.15) is 24.7 Å². The molecular weight excluding hydrogens is 416 g/mol. The lowest BCUT2D eigenvalue weighted by Gasteiger charge is -2.12. The molecule has 3 aromatic carbocycles. The fourth-order valence-corrected chi connectivity index (χ4v) is 2.94. The SMILES string of the molecule is CC(=O)Nc1cccc(OCCNC(=O)c2ccccc2OCc2ccc(Cl)cc2)c1. The Bertz CT molecular complexity index is 1040. The van der Waals surface area contributed by atoms with Crippen molar-refractivity contribution >= 4 is 29.1 Å². The zero-order chi connectivity index (χ0) is 22.1. The first-order valence-electron chi connectivity index (χ1n) is 9.76. The highest BCUT2D eigenvalue weighted by Gasteiger charge is 2.12. The van der Waals surface area contributed by atoms with Crippen LogP contribution in [0.5, 0.6) is 11.5 Å². The summed E-state index contributed by atoms with van der Waals surface area (Å²) in [5.74, 6) is 0.703. The number of hydrogen-bond acceptors (Lipinski definition) is 4. The number of amides is 2. The van der Waals surface area contributed by atoms with Crippen molar-refractivity contribution in [3.8, 4) is 11.5 Å². The van der Waals surface area contributed by atoms with Crippen molar-refractivity contribution in [1.29, 1.82) is 0 Å². The van der Waals surface area contributed by atoms with E-state index in [-0.39, 0.29) is 18.4 Å². The van der Waals surface area contributed by atoms with Gasteiger partial charge in [-0.1, -0.05) is 41.9 Å². The molecule has 6 nitrogen and oxygen atoms in total. The normalized spacial score (nSPS) is 10.3. The second-order valence-corrected chi connectivity index (χ2v) is 7.16. The zero-order valence-electron chi connectivity index (χ0n) is 17.1. The van der Waals surface area contributed by atoms with Crippen LogP contribution in [-0.4, -0.2) is 25.0 Å². The van der Waals surface area contributed by atoms with Crippen LogP contribution < -0.4 is 20.1 Å². The Labute approximate surface area is 186 Å². The third-order valence-electron chi connectivity index (χ3n) is 4.25. The van der Waals surface area contributed by atoms with E-state index in [0.717, 1.165) is 5.56 Å². The molecule has 3 aromatic rings. The number of ether oxygens (including phenoxy) is 2. The van der Waals surface area contributed by atoms with Gasteiger partial charge in [0.25, 0.3) is 5.91 Å². The number of hydrogen-bond donors (Lipinski definition) is 2. The summed E-state index contributed by atoms with van der Waals surface area (Å²) in [5, 5.41) is 6.19. The molecule has 7 heteroatoms. The molecule has 0 aliphatic carbocycles. The molecule has 160 valence electrons. The molecule has 0 radical (unpaired) electrons. The Morgan fingerprint density at radius 1 is 0.935 bits per heavy atom. The summed E-state index contributed by atoms with van der Waals surface area (Å²) >= 11 is 5.90. The number of rotatable bonds is 9. The molecule has 2 N–H and O–H groups in total. The molecule has 0 atom stereocenters. The molecule has 0 saturated carbocycles. The predicted molar refractivity (Wildman–Crippen MR) is 121 cm³/mol. The maximum Gasteiger partial charge on any atom is 0.255 e. The van der Waals surface area contributed by atoms with Crippen LogP contribution in [0.1, 0.15) is 22.8 Å². The minimum atomic E-state index is -0.248. The smallest absolute Gasteiger partial charge is 0.255 e. The van der Waals surface area contributed by atoms with Crippen LogP contribution in [0.25, 0.3) is 0 Å². The van der Waals surface area contributed by atoms with Gasteiger partial charge in [0.2, 0.25) is 5.91 Å². The highest BCUT2D eigenvalue weighted by molar-refractivity contribution is 6.30. The summed E-state index contributed by atoms with van der Waals surface area (Å²) < 4.78 is 11.5. The minimum Gasteiger partial charge on any atom is -0.492 e. The number of nitrogens with one attached hydrogen (secondary N) is 2. The lowest BCUT2D eigenvalue weighted by atomic mass is 10.2. The van der Waals surface area contributed by atoms with E-state index >= 15 is 0 Å². The topological polar surface area (TPSA) is 76.7 Å². The number of carbonyl (C=O) groups excluding carboxylic acids is 2. The summed E-state index contributed by atoms with van der Waals surface area (Å²) in [5.41, 5.74) is 2.06. The van der Waals surface area contributed by atoms with E-state index in [4.69, 9.17) is 21.1 Å². The number of benzene rings is 3. The summed E-state index contributed by atoms with van der Waals surface area (Å²) in [7, 11) is 0. The van der Waals surface area contributed by atoms with Crippen molar-refractivity contribution in [2.24, 2.45) is 0 Å². The highest BCUT2D eigenvalue weighted by Crippen LogP contribution is 2.20. The first kappa shape index (κ1) is 22.2. The molecule has 3 rings (SSSR count). The number of carbonyl (C=O) groups is 2. The molecule has 0 bridgehead atoms. The Balaban J connectivity index is 1.50. The van der Waals surface area contributed by atoms with E-state index in [2.05, 4.69) is 10.6 Å². The molecular formula is C24H23ClN2O4. The fraction of sp³-hybridized carbons (Fsp3) is 0.167. The molecule has 0 saturated heterocycles. The predicted octanol–water partition coefficient (Wildman–Crippen LogP) is 4.69. The quantitative estimate of drug-likeness (QED) is 0.475. The monoisotopic (exact) mass is 438 g/mol. The number of halogens is 1. The van der Waals surface area contributed by atoms with E-state index in [0.29, 0.717) is 40.9 Å². The highest BCUT2D eigenvalue weighted by atomic mass is 35.5. The van der Waals surface area contributed by atoms with Gasteiger partial charge in [-0.15, -0.1) is 0 Å². The van der Waals surface area contributed by atoms with E-state index < -0.39 is 0 Å². The Kier molecular flexibility index (Phi) is 7.90.